The van der Waals surface area contributed by atoms with E-state index in [1.807, 2.05) is 18.2 Å². The second-order valence-corrected chi connectivity index (χ2v) is 5.60. The summed E-state index contributed by atoms with van der Waals surface area (Å²) in [6.07, 6.45) is 2.53. The highest BCUT2D eigenvalue weighted by Gasteiger charge is 2.42. The van der Waals surface area contributed by atoms with Gasteiger partial charge in [-0.1, -0.05) is 18.2 Å². The first-order valence-corrected chi connectivity index (χ1v) is 7.38. The third kappa shape index (κ3) is 1.89. The molecule has 0 aliphatic carbocycles. The number of carbonyl (C=O) groups is 2. The van der Waals surface area contributed by atoms with Crippen LogP contribution in [0.4, 0.5) is 5.82 Å². The zero-order valence-electron chi connectivity index (χ0n) is 12.0. The highest BCUT2D eigenvalue weighted by atomic mass is 16.2. The minimum absolute atomic E-state index is 0.0885. The van der Waals surface area contributed by atoms with Gasteiger partial charge in [-0.15, -0.1) is 0 Å². The van der Waals surface area contributed by atoms with E-state index in [4.69, 9.17) is 0 Å². The quantitative estimate of drug-likeness (QED) is 0.794. The first kappa shape index (κ1) is 13.0. The average Bonchev–Trinajstić information content (AvgIpc) is 3.13. The smallest absolute Gasteiger partial charge is 0.261 e. The normalized spacial score (nSPS) is 20.6. The van der Waals surface area contributed by atoms with Crippen LogP contribution in [0.1, 0.15) is 27.1 Å². The molecular formula is C17H15N3O2. The number of carbonyl (C=O) groups excluding carboxylic acids is 2. The van der Waals surface area contributed by atoms with Crippen LogP contribution in [-0.4, -0.2) is 40.8 Å². The van der Waals surface area contributed by atoms with Gasteiger partial charge in [-0.3, -0.25) is 14.5 Å². The molecule has 1 fully saturated rings. The summed E-state index contributed by atoms with van der Waals surface area (Å²) in [6.45, 7) is 1.44. The number of amides is 2. The number of benzene rings is 1. The number of anilines is 1. The topological polar surface area (TPSA) is 53.5 Å². The Kier molecular flexibility index (Phi) is 2.92. The molecule has 2 aromatic rings. The highest BCUT2D eigenvalue weighted by Crippen LogP contribution is 2.29. The summed E-state index contributed by atoms with van der Waals surface area (Å²) in [4.78, 5) is 32.9. The van der Waals surface area contributed by atoms with Crippen molar-refractivity contribution in [3.8, 4) is 0 Å². The van der Waals surface area contributed by atoms with Gasteiger partial charge in [0.15, 0.2) is 0 Å². The van der Waals surface area contributed by atoms with Gasteiger partial charge in [0.1, 0.15) is 5.82 Å². The van der Waals surface area contributed by atoms with Gasteiger partial charge in [-0.05, 0) is 30.7 Å². The van der Waals surface area contributed by atoms with Gasteiger partial charge in [0.25, 0.3) is 11.8 Å². The third-order valence-corrected chi connectivity index (χ3v) is 4.33. The van der Waals surface area contributed by atoms with Crippen LogP contribution >= 0.6 is 0 Å². The Labute approximate surface area is 128 Å². The monoisotopic (exact) mass is 293 g/mol. The van der Waals surface area contributed by atoms with Crippen LogP contribution in [0.2, 0.25) is 0 Å². The molecule has 1 aromatic carbocycles. The van der Waals surface area contributed by atoms with Crippen LogP contribution in [0.3, 0.4) is 0 Å². The molecule has 4 rings (SSSR count). The molecule has 0 N–H and O–H groups in total. The Balaban J connectivity index is 1.58. The largest absolute Gasteiger partial charge is 0.354 e. The molecule has 110 valence electrons. The predicted molar refractivity (Wildman–Crippen MR) is 81.8 cm³/mol. The maximum absolute atomic E-state index is 12.5. The lowest BCUT2D eigenvalue weighted by Crippen LogP contribution is -2.41. The Morgan fingerprint density at radius 2 is 1.64 bits per heavy atom. The molecule has 0 saturated carbocycles. The van der Waals surface area contributed by atoms with Crippen molar-refractivity contribution < 1.29 is 9.59 Å². The third-order valence-electron chi connectivity index (χ3n) is 4.33. The molecule has 2 aliphatic heterocycles. The second-order valence-electron chi connectivity index (χ2n) is 5.60. The highest BCUT2D eigenvalue weighted by molar-refractivity contribution is 6.21. The van der Waals surface area contributed by atoms with E-state index in [-0.39, 0.29) is 17.9 Å². The Hall–Kier alpha value is -2.69. The number of imide groups is 1. The van der Waals surface area contributed by atoms with Gasteiger partial charge >= 0.3 is 0 Å². The maximum atomic E-state index is 12.5. The number of hydrogen-bond donors (Lipinski definition) is 0. The number of hydrogen-bond acceptors (Lipinski definition) is 4. The molecule has 1 aromatic heterocycles. The second kappa shape index (κ2) is 4.94. The van der Waals surface area contributed by atoms with Crippen molar-refractivity contribution in [2.45, 2.75) is 12.5 Å². The van der Waals surface area contributed by atoms with Crippen molar-refractivity contribution in [1.82, 2.24) is 9.88 Å². The van der Waals surface area contributed by atoms with Crippen molar-refractivity contribution >= 4 is 17.6 Å². The average molecular weight is 293 g/mol. The molecule has 3 heterocycles. The van der Waals surface area contributed by atoms with Gasteiger partial charge in [0.2, 0.25) is 0 Å². The van der Waals surface area contributed by atoms with Crippen LogP contribution in [0, 0.1) is 0 Å². The van der Waals surface area contributed by atoms with Crippen LogP contribution in [0.5, 0.6) is 0 Å². The van der Waals surface area contributed by atoms with Crippen molar-refractivity contribution in [2.24, 2.45) is 0 Å². The molecule has 1 unspecified atom stereocenters. The van der Waals surface area contributed by atoms with Crippen molar-refractivity contribution in [3.05, 3.63) is 59.8 Å². The molecule has 2 amide bonds. The van der Waals surface area contributed by atoms with E-state index in [1.165, 1.54) is 4.90 Å². The summed E-state index contributed by atoms with van der Waals surface area (Å²) >= 11 is 0. The van der Waals surface area contributed by atoms with Crippen molar-refractivity contribution in [1.29, 1.82) is 0 Å². The van der Waals surface area contributed by atoms with Crippen LogP contribution in [0.15, 0.2) is 48.7 Å². The van der Waals surface area contributed by atoms with E-state index in [1.54, 1.807) is 30.5 Å². The van der Waals surface area contributed by atoms with Gasteiger partial charge in [-0.2, -0.15) is 0 Å². The van der Waals surface area contributed by atoms with E-state index in [0.29, 0.717) is 17.7 Å². The molecule has 0 bridgehead atoms. The fourth-order valence-corrected chi connectivity index (χ4v) is 3.24. The zero-order chi connectivity index (χ0) is 15.1. The van der Waals surface area contributed by atoms with Crippen molar-refractivity contribution in [2.75, 3.05) is 18.0 Å². The first-order chi connectivity index (χ1) is 10.8. The molecule has 1 saturated heterocycles. The van der Waals surface area contributed by atoms with Crippen molar-refractivity contribution in [3.63, 3.8) is 0 Å². The minimum Gasteiger partial charge on any atom is -0.354 e. The molecule has 0 spiro atoms. The van der Waals surface area contributed by atoms with Crippen LogP contribution < -0.4 is 4.90 Å². The first-order valence-electron chi connectivity index (χ1n) is 7.38. The number of rotatable bonds is 2. The van der Waals surface area contributed by atoms with E-state index >= 15 is 0 Å². The molecule has 22 heavy (non-hydrogen) atoms. The lowest BCUT2D eigenvalue weighted by molar-refractivity contribution is 0.0598. The predicted octanol–water partition coefficient (Wildman–Crippen LogP) is 1.96. The van der Waals surface area contributed by atoms with E-state index < -0.39 is 0 Å². The zero-order valence-corrected chi connectivity index (χ0v) is 12.0. The maximum Gasteiger partial charge on any atom is 0.261 e. The van der Waals surface area contributed by atoms with Crippen LogP contribution in [0.25, 0.3) is 0 Å². The molecule has 5 nitrogen and oxygen atoms in total. The van der Waals surface area contributed by atoms with Gasteiger partial charge < -0.3 is 4.90 Å². The number of pyridine rings is 1. The van der Waals surface area contributed by atoms with Gasteiger partial charge in [0.05, 0.1) is 17.2 Å². The summed E-state index contributed by atoms with van der Waals surface area (Å²) in [6, 6.07) is 12.7. The van der Waals surface area contributed by atoms with E-state index in [2.05, 4.69) is 9.88 Å². The van der Waals surface area contributed by atoms with Gasteiger partial charge in [-0.25, -0.2) is 4.98 Å². The summed E-state index contributed by atoms with van der Waals surface area (Å²) in [7, 11) is 0. The Morgan fingerprint density at radius 3 is 2.27 bits per heavy atom. The Morgan fingerprint density at radius 1 is 0.955 bits per heavy atom. The molecule has 2 aliphatic rings. The number of nitrogens with zero attached hydrogens (tertiary/aromatic N) is 3. The SMILES string of the molecule is O=C1c2ccccc2C(=O)N1C1CCN(c2ccccn2)C1. The standard InChI is InChI=1S/C17H15N3O2/c21-16-13-5-1-2-6-14(13)17(22)20(16)12-8-10-19(11-12)15-7-3-4-9-18-15/h1-7,9,12H,8,10-11H2. The summed E-state index contributed by atoms with van der Waals surface area (Å²) in [5.41, 5.74) is 1.03. The van der Waals surface area contributed by atoms with Gasteiger partial charge in [0, 0.05) is 19.3 Å². The fraction of sp³-hybridized carbons (Fsp3) is 0.235. The lowest BCUT2D eigenvalue weighted by Gasteiger charge is -2.23. The molecular weight excluding hydrogens is 278 g/mol. The molecule has 0 radical (unpaired) electrons. The van der Waals surface area contributed by atoms with Crippen LogP contribution in [-0.2, 0) is 0 Å². The summed E-state index contributed by atoms with van der Waals surface area (Å²) in [5.74, 6) is 0.545. The van der Waals surface area contributed by atoms with E-state index in [9.17, 15) is 9.59 Å². The minimum atomic E-state index is -0.173. The number of aromatic nitrogens is 1. The summed E-state index contributed by atoms with van der Waals surface area (Å²) < 4.78 is 0. The Bertz CT molecular complexity index is 710. The fourth-order valence-electron chi connectivity index (χ4n) is 3.24. The molecule has 1 atom stereocenters. The number of fused-ring (bicyclic) bond motifs is 1. The molecule has 5 heteroatoms. The lowest BCUT2D eigenvalue weighted by atomic mass is 10.1. The summed E-state index contributed by atoms with van der Waals surface area (Å²) in [5, 5.41) is 0. The van der Waals surface area contributed by atoms with E-state index in [0.717, 1.165) is 18.8 Å².